The van der Waals surface area contributed by atoms with Crippen molar-refractivity contribution in [2.45, 2.75) is 36.8 Å². The summed E-state index contributed by atoms with van der Waals surface area (Å²) < 4.78 is 55.9. The van der Waals surface area contributed by atoms with Gasteiger partial charge in [0.1, 0.15) is 16.3 Å². The Hall–Kier alpha value is -1.46. The number of piperidine rings is 1. The van der Waals surface area contributed by atoms with Gasteiger partial charge >= 0.3 is 0 Å². The number of nitrogens with one attached hydrogen (secondary N) is 1. The zero-order valence-corrected chi connectivity index (χ0v) is 15.4. The van der Waals surface area contributed by atoms with Crippen molar-refractivity contribution in [3.8, 4) is 0 Å². The van der Waals surface area contributed by atoms with Crippen molar-refractivity contribution in [3.05, 3.63) is 11.5 Å². The summed E-state index contributed by atoms with van der Waals surface area (Å²) in [6, 6.07) is 0. The molecule has 2 heterocycles. The van der Waals surface area contributed by atoms with E-state index in [-0.39, 0.29) is 42.3 Å². The lowest BCUT2D eigenvalue weighted by Crippen LogP contribution is -2.44. The van der Waals surface area contributed by atoms with E-state index in [1.807, 2.05) is 0 Å². The van der Waals surface area contributed by atoms with Gasteiger partial charge in [-0.05, 0) is 26.7 Å². The molecule has 1 aliphatic rings. The molecule has 0 saturated carbocycles. The third-order valence-electron chi connectivity index (χ3n) is 4.09. The molecule has 0 aliphatic carbocycles. The molecule has 1 N–H and O–H groups in total. The second-order valence-corrected chi connectivity index (χ2v) is 9.89. The maximum atomic E-state index is 12.7. The van der Waals surface area contributed by atoms with Crippen LogP contribution in [-0.4, -0.2) is 63.3 Å². The van der Waals surface area contributed by atoms with E-state index >= 15 is 0 Å². The number of aromatic nitrogens is 1. The smallest absolute Gasteiger partial charge is 0.248 e. The van der Waals surface area contributed by atoms with Gasteiger partial charge in [0.15, 0.2) is 15.6 Å². The standard InChI is InChI=1S/C13H21N3O6S2/c1-9-13(10(2)22-15-9)24(20,21)16-6-4-11(5-7-16)23(18,19)8-12(17)14-3/h11H,4-8H2,1-3H3,(H,14,17). The average molecular weight is 379 g/mol. The van der Waals surface area contributed by atoms with E-state index in [4.69, 9.17) is 4.52 Å². The monoisotopic (exact) mass is 379 g/mol. The predicted octanol–water partition coefficient (Wildman–Crippen LogP) is -0.395. The number of carbonyl (C=O) groups excluding carboxylic acids is 1. The molecule has 9 nitrogen and oxygen atoms in total. The average Bonchev–Trinajstić information content (AvgIpc) is 2.86. The van der Waals surface area contributed by atoms with Crippen LogP contribution < -0.4 is 5.32 Å². The molecule has 11 heteroatoms. The quantitative estimate of drug-likeness (QED) is 0.738. The van der Waals surface area contributed by atoms with Crippen LogP contribution in [0.2, 0.25) is 0 Å². The van der Waals surface area contributed by atoms with E-state index in [0.717, 1.165) is 0 Å². The molecule has 0 unspecified atom stereocenters. The van der Waals surface area contributed by atoms with Crippen LogP contribution >= 0.6 is 0 Å². The topological polar surface area (TPSA) is 127 Å². The molecule has 1 saturated heterocycles. The number of sulfone groups is 1. The molecular formula is C13H21N3O6S2. The number of rotatable bonds is 5. The number of hydrogen-bond donors (Lipinski definition) is 1. The summed E-state index contributed by atoms with van der Waals surface area (Å²) in [5, 5.41) is 5.22. The van der Waals surface area contributed by atoms with Crippen molar-refractivity contribution in [2.24, 2.45) is 0 Å². The predicted molar refractivity (Wildman–Crippen MR) is 85.6 cm³/mol. The SMILES string of the molecule is CNC(=O)CS(=O)(=O)C1CCN(S(=O)(=O)c2c(C)noc2C)CC1. The number of nitrogens with zero attached hydrogens (tertiary/aromatic N) is 2. The summed E-state index contributed by atoms with van der Waals surface area (Å²) >= 11 is 0. The molecule has 1 aromatic heterocycles. The van der Waals surface area contributed by atoms with Crippen molar-refractivity contribution in [1.82, 2.24) is 14.8 Å². The number of hydrogen-bond acceptors (Lipinski definition) is 7. The fourth-order valence-electron chi connectivity index (χ4n) is 2.78. The van der Waals surface area contributed by atoms with Gasteiger partial charge in [0, 0.05) is 20.1 Å². The van der Waals surface area contributed by atoms with Gasteiger partial charge in [0.25, 0.3) is 0 Å². The maximum absolute atomic E-state index is 12.7. The fourth-order valence-corrected chi connectivity index (χ4v) is 6.21. The molecule has 136 valence electrons. The minimum absolute atomic E-state index is 0.0363. The Morgan fingerprint density at radius 3 is 2.29 bits per heavy atom. The molecule has 0 aromatic carbocycles. The molecule has 1 amide bonds. The summed E-state index contributed by atoms with van der Waals surface area (Å²) in [5.41, 5.74) is 0.280. The summed E-state index contributed by atoms with van der Waals surface area (Å²) in [5.74, 6) is -0.937. The fraction of sp³-hybridized carbons (Fsp3) is 0.692. The highest BCUT2D eigenvalue weighted by Gasteiger charge is 2.37. The van der Waals surface area contributed by atoms with Crippen LogP contribution in [-0.2, 0) is 24.7 Å². The van der Waals surface area contributed by atoms with E-state index in [0.29, 0.717) is 0 Å². The minimum atomic E-state index is -3.77. The Bertz CT molecular complexity index is 800. The van der Waals surface area contributed by atoms with E-state index in [1.165, 1.54) is 18.3 Å². The van der Waals surface area contributed by atoms with Crippen molar-refractivity contribution >= 4 is 25.8 Å². The molecule has 1 aromatic rings. The molecule has 24 heavy (non-hydrogen) atoms. The zero-order chi connectivity index (χ0) is 18.1. The van der Waals surface area contributed by atoms with E-state index in [2.05, 4.69) is 10.5 Å². The van der Waals surface area contributed by atoms with Crippen LogP contribution in [0.1, 0.15) is 24.3 Å². The maximum Gasteiger partial charge on any atom is 0.248 e. The highest BCUT2D eigenvalue weighted by atomic mass is 32.2. The first kappa shape index (κ1) is 18.9. The third kappa shape index (κ3) is 3.62. The van der Waals surface area contributed by atoms with Gasteiger partial charge in [-0.2, -0.15) is 4.31 Å². The van der Waals surface area contributed by atoms with Crippen LogP contribution in [0.3, 0.4) is 0 Å². The lowest BCUT2D eigenvalue weighted by Gasteiger charge is -2.30. The number of amides is 1. The van der Waals surface area contributed by atoms with E-state index in [9.17, 15) is 21.6 Å². The number of aryl methyl sites for hydroxylation is 2. The van der Waals surface area contributed by atoms with E-state index in [1.54, 1.807) is 6.92 Å². The highest BCUT2D eigenvalue weighted by molar-refractivity contribution is 7.92. The lowest BCUT2D eigenvalue weighted by atomic mass is 10.2. The second-order valence-electron chi connectivity index (χ2n) is 5.74. The van der Waals surface area contributed by atoms with Crippen LogP contribution in [0.5, 0.6) is 0 Å². The zero-order valence-electron chi connectivity index (χ0n) is 13.8. The van der Waals surface area contributed by atoms with Crippen molar-refractivity contribution in [2.75, 3.05) is 25.9 Å². The second kappa shape index (κ2) is 6.81. The Morgan fingerprint density at radius 2 is 1.83 bits per heavy atom. The summed E-state index contributed by atoms with van der Waals surface area (Å²) in [6.07, 6.45) is 0.309. The Balaban J connectivity index is 2.12. The van der Waals surface area contributed by atoms with Gasteiger partial charge in [0.2, 0.25) is 15.9 Å². The number of sulfonamides is 1. The first-order chi connectivity index (χ1) is 11.1. The molecule has 0 atom stereocenters. The molecule has 2 rings (SSSR count). The normalized spacial score (nSPS) is 17.8. The molecule has 0 spiro atoms. The molecular weight excluding hydrogens is 358 g/mol. The molecule has 0 radical (unpaired) electrons. The Kier molecular flexibility index (Phi) is 5.35. The molecule has 0 bridgehead atoms. The lowest BCUT2D eigenvalue weighted by molar-refractivity contribution is -0.118. The van der Waals surface area contributed by atoms with Gasteiger partial charge in [-0.15, -0.1) is 0 Å². The molecule has 1 aliphatic heterocycles. The molecule has 1 fully saturated rings. The van der Waals surface area contributed by atoms with E-state index < -0.39 is 36.8 Å². The first-order valence-electron chi connectivity index (χ1n) is 7.44. The van der Waals surface area contributed by atoms with Crippen LogP contribution in [0.15, 0.2) is 9.42 Å². The minimum Gasteiger partial charge on any atom is -0.360 e. The first-order valence-corrected chi connectivity index (χ1v) is 10.6. The summed E-state index contributed by atoms with van der Waals surface area (Å²) in [4.78, 5) is 11.3. The Labute approximate surface area is 141 Å². The van der Waals surface area contributed by atoms with Gasteiger partial charge in [-0.3, -0.25) is 4.79 Å². The summed E-state index contributed by atoms with van der Waals surface area (Å²) in [7, 11) is -6.00. The summed E-state index contributed by atoms with van der Waals surface area (Å²) in [6.45, 7) is 3.21. The van der Waals surface area contributed by atoms with Crippen LogP contribution in [0, 0.1) is 13.8 Å². The van der Waals surface area contributed by atoms with Gasteiger partial charge in [-0.1, -0.05) is 5.16 Å². The van der Waals surface area contributed by atoms with Crippen molar-refractivity contribution in [3.63, 3.8) is 0 Å². The largest absolute Gasteiger partial charge is 0.360 e. The van der Waals surface area contributed by atoms with Gasteiger partial charge < -0.3 is 9.84 Å². The highest BCUT2D eigenvalue weighted by Crippen LogP contribution is 2.27. The van der Waals surface area contributed by atoms with Crippen molar-refractivity contribution < 1.29 is 26.2 Å². The van der Waals surface area contributed by atoms with Crippen LogP contribution in [0.4, 0.5) is 0 Å². The van der Waals surface area contributed by atoms with Gasteiger partial charge in [-0.25, -0.2) is 16.8 Å². The van der Waals surface area contributed by atoms with Crippen LogP contribution in [0.25, 0.3) is 0 Å². The van der Waals surface area contributed by atoms with Crippen molar-refractivity contribution in [1.29, 1.82) is 0 Å². The Morgan fingerprint density at radius 1 is 1.25 bits per heavy atom. The number of carbonyl (C=O) groups is 1. The van der Waals surface area contributed by atoms with Gasteiger partial charge in [0.05, 0.1) is 5.25 Å². The third-order valence-corrected chi connectivity index (χ3v) is 8.38.